The highest BCUT2D eigenvalue weighted by atomic mass is 16.5. The highest BCUT2D eigenvalue weighted by molar-refractivity contribution is 6.02. The maximum Gasteiger partial charge on any atom is 0.356 e. The molecule has 0 saturated heterocycles. The van der Waals surface area contributed by atoms with Crippen LogP contribution in [0.5, 0.6) is 11.5 Å². The van der Waals surface area contributed by atoms with Crippen LogP contribution in [-0.2, 0) is 6.42 Å². The number of rotatable bonds is 7. The first-order valence-electron chi connectivity index (χ1n) is 7.69. The van der Waals surface area contributed by atoms with Crippen LogP contribution in [0.1, 0.15) is 50.2 Å². The van der Waals surface area contributed by atoms with E-state index in [0.717, 1.165) is 35.1 Å². The Hall–Kier alpha value is -2.17. The minimum atomic E-state index is -1.02. The summed E-state index contributed by atoms with van der Waals surface area (Å²) in [5.41, 5.74) is 1.85. The van der Waals surface area contributed by atoms with Gasteiger partial charge in [0.1, 0.15) is 5.75 Å². The third-order valence-electron chi connectivity index (χ3n) is 3.32. The topological polar surface area (TPSA) is 71.5 Å². The van der Waals surface area contributed by atoms with Crippen molar-refractivity contribution < 1.29 is 19.4 Å². The molecule has 2 aromatic rings. The van der Waals surface area contributed by atoms with Crippen LogP contribution in [0.25, 0.3) is 10.9 Å². The summed E-state index contributed by atoms with van der Waals surface area (Å²) in [7, 11) is 0. The number of aryl methyl sites for hydroxylation is 1. The Labute approximate surface area is 130 Å². The van der Waals surface area contributed by atoms with E-state index in [1.54, 1.807) is 0 Å². The molecule has 2 N–H and O–H groups in total. The number of fused-ring (bicyclic) bond motifs is 1. The largest absolute Gasteiger partial charge is 0.491 e. The Morgan fingerprint density at radius 1 is 1.32 bits per heavy atom. The lowest BCUT2D eigenvalue weighted by molar-refractivity contribution is 0.0687. The van der Waals surface area contributed by atoms with E-state index in [1.807, 2.05) is 39.8 Å². The fraction of sp³-hybridized carbons (Fsp3) is 0.471. The molecular weight excluding hydrogens is 282 g/mol. The van der Waals surface area contributed by atoms with Gasteiger partial charge in [0.05, 0.1) is 18.2 Å². The molecule has 0 unspecified atom stereocenters. The van der Waals surface area contributed by atoms with E-state index in [2.05, 4.69) is 4.98 Å². The molecule has 1 heterocycles. The molecule has 0 spiro atoms. The van der Waals surface area contributed by atoms with Crippen LogP contribution in [0.15, 0.2) is 12.1 Å². The van der Waals surface area contributed by atoms with E-state index in [4.69, 9.17) is 9.47 Å². The van der Waals surface area contributed by atoms with Crippen molar-refractivity contribution in [3.05, 3.63) is 23.4 Å². The summed E-state index contributed by atoms with van der Waals surface area (Å²) >= 11 is 0. The molecule has 0 aliphatic heterocycles. The van der Waals surface area contributed by atoms with E-state index < -0.39 is 5.97 Å². The van der Waals surface area contributed by atoms with E-state index in [9.17, 15) is 9.90 Å². The van der Waals surface area contributed by atoms with Gasteiger partial charge in [0.15, 0.2) is 11.4 Å². The van der Waals surface area contributed by atoms with Gasteiger partial charge < -0.3 is 19.6 Å². The lowest BCUT2D eigenvalue weighted by atomic mass is 10.1. The first-order valence-corrected chi connectivity index (χ1v) is 7.69. The van der Waals surface area contributed by atoms with Crippen LogP contribution in [0, 0.1) is 0 Å². The lowest BCUT2D eigenvalue weighted by Gasteiger charge is -2.12. The molecular formula is C17H23NO4. The van der Waals surface area contributed by atoms with Crippen molar-refractivity contribution in [3.63, 3.8) is 0 Å². The summed E-state index contributed by atoms with van der Waals surface area (Å²) in [6, 6.07) is 3.79. The summed E-state index contributed by atoms with van der Waals surface area (Å²) < 4.78 is 11.5. The predicted octanol–water partition coefficient (Wildman–Crippen LogP) is 4.00. The number of hydrogen-bond acceptors (Lipinski definition) is 3. The number of carboxylic acids is 1. The van der Waals surface area contributed by atoms with Gasteiger partial charge in [-0.15, -0.1) is 0 Å². The second-order valence-electron chi connectivity index (χ2n) is 5.51. The van der Waals surface area contributed by atoms with E-state index >= 15 is 0 Å². The number of carbonyl (C=O) groups is 1. The average molecular weight is 305 g/mol. The fourth-order valence-electron chi connectivity index (χ4n) is 2.47. The summed E-state index contributed by atoms with van der Waals surface area (Å²) in [5, 5.41) is 10.2. The van der Waals surface area contributed by atoms with E-state index in [-0.39, 0.29) is 11.8 Å². The monoisotopic (exact) mass is 305 g/mol. The van der Waals surface area contributed by atoms with Crippen molar-refractivity contribution in [1.29, 1.82) is 0 Å². The maximum atomic E-state index is 11.5. The summed E-state index contributed by atoms with van der Waals surface area (Å²) in [6.07, 6.45) is 1.65. The Morgan fingerprint density at radius 3 is 2.59 bits per heavy atom. The van der Waals surface area contributed by atoms with Gasteiger partial charge >= 0.3 is 5.97 Å². The SMILES string of the molecule is CCCOc1c(C(=O)O)[nH]c2cc(OC(C)C)cc(CC)c12. The number of carboxylic acid groups (broad SMARTS) is 1. The van der Waals surface area contributed by atoms with Crippen LogP contribution >= 0.6 is 0 Å². The van der Waals surface area contributed by atoms with Gasteiger partial charge in [-0.3, -0.25) is 0 Å². The molecule has 5 nitrogen and oxygen atoms in total. The molecule has 2 rings (SSSR count). The van der Waals surface area contributed by atoms with Crippen LogP contribution < -0.4 is 9.47 Å². The van der Waals surface area contributed by atoms with Crippen molar-refractivity contribution in [1.82, 2.24) is 4.98 Å². The van der Waals surface area contributed by atoms with Crippen molar-refractivity contribution in [2.45, 2.75) is 46.6 Å². The number of benzene rings is 1. The minimum Gasteiger partial charge on any atom is -0.491 e. The standard InChI is InChI=1S/C17H23NO4/c1-5-7-21-16-14-11(6-2)8-12(22-10(3)4)9-13(14)18-15(16)17(19)20/h8-10,18H,5-7H2,1-4H3,(H,19,20). The van der Waals surface area contributed by atoms with Crippen molar-refractivity contribution in [2.75, 3.05) is 6.61 Å². The highest BCUT2D eigenvalue weighted by Crippen LogP contribution is 2.36. The molecule has 0 aliphatic carbocycles. The second kappa shape index (κ2) is 6.73. The van der Waals surface area contributed by atoms with Crippen LogP contribution in [0.4, 0.5) is 0 Å². The molecule has 0 fully saturated rings. The number of hydrogen-bond donors (Lipinski definition) is 2. The third-order valence-corrected chi connectivity index (χ3v) is 3.32. The number of aromatic amines is 1. The van der Waals surface area contributed by atoms with Crippen LogP contribution in [-0.4, -0.2) is 28.8 Å². The van der Waals surface area contributed by atoms with Crippen molar-refractivity contribution in [2.24, 2.45) is 0 Å². The molecule has 1 aromatic heterocycles. The zero-order chi connectivity index (χ0) is 16.3. The molecule has 0 amide bonds. The second-order valence-corrected chi connectivity index (χ2v) is 5.51. The predicted molar refractivity (Wildman–Crippen MR) is 86.2 cm³/mol. The Kier molecular flexibility index (Phi) is 4.96. The normalized spacial score (nSPS) is 11.1. The smallest absolute Gasteiger partial charge is 0.356 e. The molecule has 120 valence electrons. The molecule has 5 heteroatoms. The Morgan fingerprint density at radius 2 is 2.05 bits per heavy atom. The molecule has 0 radical (unpaired) electrons. The molecule has 0 aliphatic rings. The van der Waals surface area contributed by atoms with Crippen molar-refractivity contribution in [3.8, 4) is 11.5 Å². The molecule has 22 heavy (non-hydrogen) atoms. The zero-order valence-corrected chi connectivity index (χ0v) is 13.5. The number of ether oxygens (including phenoxy) is 2. The summed E-state index contributed by atoms with van der Waals surface area (Å²) in [6.45, 7) is 8.43. The van der Waals surface area contributed by atoms with Crippen LogP contribution in [0.3, 0.4) is 0 Å². The first-order chi connectivity index (χ1) is 10.5. The Balaban J connectivity index is 2.64. The minimum absolute atomic E-state index is 0.0619. The van der Waals surface area contributed by atoms with Gasteiger partial charge in [-0.05, 0) is 38.3 Å². The third kappa shape index (κ3) is 3.18. The molecule has 0 atom stereocenters. The highest BCUT2D eigenvalue weighted by Gasteiger charge is 2.21. The van der Waals surface area contributed by atoms with Gasteiger partial charge in [0.25, 0.3) is 0 Å². The molecule has 1 aromatic carbocycles. The van der Waals surface area contributed by atoms with Gasteiger partial charge in [-0.25, -0.2) is 4.79 Å². The van der Waals surface area contributed by atoms with E-state index in [1.165, 1.54) is 0 Å². The van der Waals surface area contributed by atoms with Gasteiger partial charge in [-0.2, -0.15) is 0 Å². The van der Waals surface area contributed by atoms with Gasteiger partial charge in [0.2, 0.25) is 0 Å². The molecule has 0 bridgehead atoms. The average Bonchev–Trinajstić information content (AvgIpc) is 2.82. The lowest BCUT2D eigenvalue weighted by Crippen LogP contribution is -2.05. The zero-order valence-electron chi connectivity index (χ0n) is 13.5. The summed E-state index contributed by atoms with van der Waals surface area (Å²) in [4.78, 5) is 14.4. The Bertz CT molecular complexity index is 673. The van der Waals surface area contributed by atoms with Gasteiger partial charge in [0, 0.05) is 11.5 Å². The molecule has 0 saturated carbocycles. The number of H-pyrrole nitrogens is 1. The van der Waals surface area contributed by atoms with Gasteiger partial charge in [-0.1, -0.05) is 13.8 Å². The van der Waals surface area contributed by atoms with E-state index in [0.29, 0.717) is 12.4 Å². The van der Waals surface area contributed by atoms with Crippen molar-refractivity contribution >= 4 is 16.9 Å². The number of aromatic nitrogens is 1. The van der Waals surface area contributed by atoms with Crippen LogP contribution in [0.2, 0.25) is 0 Å². The quantitative estimate of drug-likeness (QED) is 0.811. The summed E-state index contributed by atoms with van der Waals surface area (Å²) in [5.74, 6) is 0.146. The first kappa shape index (κ1) is 16.2. The maximum absolute atomic E-state index is 11.5. The fourth-order valence-corrected chi connectivity index (χ4v) is 2.47. The number of nitrogens with one attached hydrogen (secondary N) is 1. The number of aromatic carboxylic acids is 1.